The van der Waals surface area contributed by atoms with Crippen LogP contribution in [0.5, 0.6) is 5.75 Å². The van der Waals surface area contributed by atoms with Gasteiger partial charge in [-0.25, -0.2) is 0 Å². The van der Waals surface area contributed by atoms with Crippen LogP contribution in [0.1, 0.15) is 12.0 Å². The molecule has 5 nitrogen and oxygen atoms in total. The fourth-order valence-corrected chi connectivity index (χ4v) is 1.80. The first kappa shape index (κ1) is 14.0. The number of hydrogen-bond acceptors (Lipinski definition) is 4. The molecule has 0 spiro atoms. The Morgan fingerprint density at radius 1 is 1.40 bits per heavy atom. The van der Waals surface area contributed by atoms with Gasteiger partial charge in [-0.2, -0.15) is 0 Å². The number of hydrogen-bond donors (Lipinski definition) is 1. The maximum Gasteiger partial charge on any atom is 0.226 e. The van der Waals surface area contributed by atoms with Gasteiger partial charge in [0.15, 0.2) is 0 Å². The highest BCUT2D eigenvalue weighted by atomic mass is 16.5. The van der Waals surface area contributed by atoms with Crippen LogP contribution in [0.3, 0.4) is 0 Å². The van der Waals surface area contributed by atoms with Crippen LogP contribution in [0.2, 0.25) is 0 Å². The van der Waals surface area contributed by atoms with E-state index in [0.717, 1.165) is 5.56 Å². The predicted molar refractivity (Wildman–Crippen MR) is 76.1 cm³/mol. The lowest BCUT2D eigenvalue weighted by atomic mass is 10.3. The zero-order chi connectivity index (χ0) is 14.4. The first-order chi connectivity index (χ1) is 9.65. The lowest BCUT2D eigenvalue weighted by Crippen LogP contribution is -2.27. The Balaban J connectivity index is 1.74. The summed E-state index contributed by atoms with van der Waals surface area (Å²) in [4.78, 5) is 13.6. The molecule has 0 fully saturated rings. The molecule has 5 heteroatoms. The number of carbonyl (C=O) groups excluding carboxylic acids is 1. The third-order valence-corrected chi connectivity index (χ3v) is 2.87. The third-order valence-electron chi connectivity index (χ3n) is 2.87. The fourth-order valence-electron chi connectivity index (χ4n) is 1.80. The van der Waals surface area contributed by atoms with Crippen molar-refractivity contribution in [1.29, 1.82) is 0 Å². The molecule has 0 aliphatic rings. The van der Waals surface area contributed by atoms with E-state index < -0.39 is 0 Å². The third kappa shape index (κ3) is 4.05. The fraction of sp³-hybridized carbons (Fsp3) is 0.267. The van der Waals surface area contributed by atoms with Gasteiger partial charge in [0.2, 0.25) is 5.91 Å². The standard InChI is InChI=1S/C15H18N2O3/c1-17(10-12-5-7-19-11-12)15(18)6-8-20-14-4-2-3-13(16)9-14/h2-5,7,9,11H,6,8,10,16H2,1H3. The first-order valence-electron chi connectivity index (χ1n) is 6.38. The number of nitrogens with zero attached hydrogens (tertiary/aromatic N) is 1. The molecule has 0 bridgehead atoms. The van der Waals surface area contributed by atoms with Gasteiger partial charge in [0.05, 0.1) is 25.6 Å². The van der Waals surface area contributed by atoms with E-state index in [0.29, 0.717) is 31.0 Å². The van der Waals surface area contributed by atoms with Crippen LogP contribution in [0.25, 0.3) is 0 Å². The summed E-state index contributed by atoms with van der Waals surface area (Å²) in [5, 5.41) is 0. The molecular weight excluding hydrogens is 256 g/mol. The van der Waals surface area contributed by atoms with Gasteiger partial charge in [-0.05, 0) is 18.2 Å². The molecule has 2 rings (SSSR count). The zero-order valence-corrected chi connectivity index (χ0v) is 11.4. The lowest BCUT2D eigenvalue weighted by molar-refractivity contribution is -0.130. The van der Waals surface area contributed by atoms with Crippen LogP contribution in [-0.2, 0) is 11.3 Å². The second-order valence-electron chi connectivity index (χ2n) is 4.55. The summed E-state index contributed by atoms with van der Waals surface area (Å²) in [5.41, 5.74) is 7.26. The Kier molecular flexibility index (Phi) is 4.65. The van der Waals surface area contributed by atoms with E-state index in [2.05, 4.69) is 0 Å². The Morgan fingerprint density at radius 3 is 2.95 bits per heavy atom. The monoisotopic (exact) mass is 274 g/mol. The predicted octanol–water partition coefficient (Wildman–Crippen LogP) is 2.29. The van der Waals surface area contributed by atoms with Crippen molar-refractivity contribution in [2.24, 2.45) is 0 Å². The Morgan fingerprint density at radius 2 is 2.25 bits per heavy atom. The summed E-state index contributed by atoms with van der Waals surface area (Å²) in [5.74, 6) is 0.699. The second kappa shape index (κ2) is 6.65. The number of ether oxygens (including phenoxy) is 1. The van der Waals surface area contributed by atoms with Crippen LogP contribution in [0, 0.1) is 0 Å². The maximum atomic E-state index is 11.9. The van der Waals surface area contributed by atoms with Gasteiger partial charge in [-0.3, -0.25) is 4.79 Å². The molecule has 1 amide bonds. The van der Waals surface area contributed by atoms with Crippen molar-refractivity contribution in [3.8, 4) is 5.75 Å². The smallest absolute Gasteiger partial charge is 0.226 e. The Hall–Kier alpha value is -2.43. The molecule has 106 valence electrons. The number of carbonyl (C=O) groups is 1. The van der Waals surface area contributed by atoms with Crippen molar-refractivity contribution in [2.45, 2.75) is 13.0 Å². The molecule has 0 unspecified atom stereocenters. The van der Waals surface area contributed by atoms with Gasteiger partial charge in [-0.15, -0.1) is 0 Å². The Labute approximate surface area is 117 Å². The minimum atomic E-state index is 0.0232. The lowest BCUT2D eigenvalue weighted by Gasteiger charge is -2.16. The van der Waals surface area contributed by atoms with Crippen molar-refractivity contribution in [1.82, 2.24) is 4.90 Å². The van der Waals surface area contributed by atoms with E-state index in [4.69, 9.17) is 14.9 Å². The van der Waals surface area contributed by atoms with Gasteiger partial charge in [0.1, 0.15) is 5.75 Å². The number of anilines is 1. The summed E-state index contributed by atoms with van der Waals surface area (Å²) < 4.78 is 10.5. The summed E-state index contributed by atoms with van der Waals surface area (Å²) in [7, 11) is 1.76. The highest BCUT2D eigenvalue weighted by Gasteiger charge is 2.10. The molecule has 0 saturated heterocycles. The number of benzene rings is 1. The molecule has 2 N–H and O–H groups in total. The summed E-state index contributed by atoms with van der Waals surface area (Å²) in [6.07, 6.45) is 3.55. The molecule has 1 aromatic carbocycles. The van der Waals surface area contributed by atoms with Gasteiger partial charge < -0.3 is 19.8 Å². The van der Waals surface area contributed by atoms with Crippen LogP contribution in [0.4, 0.5) is 5.69 Å². The molecule has 0 aliphatic carbocycles. The molecule has 0 atom stereocenters. The molecule has 20 heavy (non-hydrogen) atoms. The quantitative estimate of drug-likeness (QED) is 0.821. The SMILES string of the molecule is CN(Cc1ccoc1)C(=O)CCOc1cccc(N)c1. The summed E-state index contributed by atoms with van der Waals surface area (Å²) >= 11 is 0. The molecule has 2 aromatic rings. The zero-order valence-electron chi connectivity index (χ0n) is 11.4. The molecule has 0 saturated carbocycles. The molecule has 1 aromatic heterocycles. The molecule has 0 aliphatic heterocycles. The molecular formula is C15H18N2O3. The van der Waals surface area contributed by atoms with Crippen molar-refractivity contribution >= 4 is 11.6 Å². The molecule has 1 heterocycles. The van der Waals surface area contributed by atoms with Crippen molar-refractivity contribution < 1.29 is 13.9 Å². The second-order valence-corrected chi connectivity index (χ2v) is 4.55. The summed E-state index contributed by atoms with van der Waals surface area (Å²) in [6, 6.07) is 9.00. The highest BCUT2D eigenvalue weighted by molar-refractivity contribution is 5.76. The average molecular weight is 274 g/mol. The van der Waals surface area contributed by atoms with Crippen LogP contribution in [0.15, 0.2) is 47.3 Å². The van der Waals surface area contributed by atoms with E-state index in [-0.39, 0.29) is 5.91 Å². The van der Waals surface area contributed by atoms with Crippen LogP contribution in [-0.4, -0.2) is 24.5 Å². The minimum Gasteiger partial charge on any atom is -0.493 e. The van der Waals surface area contributed by atoms with E-state index >= 15 is 0 Å². The number of nitrogen functional groups attached to an aromatic ring is 1. The largest absolute Gasteiger partial charge is 0.493 e. The van der Waals surface area contributed by atoms with Crippen LogP contribution < -0.4 is 10.5 Å². The topological polar surface area (TPSA) is 68.7 Å². The van der Waals surface area contributed by atoms with Crippen molar-refractivity contribution in [2.75, 3.05) is 19.4 Å². The van der Waals surface area contributed by atoms with Gasteiger partial charge >= 0.3 is 0 Å². The summed E-state index contributed by atoms with van der Waals surface area (Å²) in [6.45, 7) is 0.867. The van der Waals surface area contributed by atoms with E-state index in [1.807, 2.05) is 18.2 Å². The van der Waals surface area contributed by atoms with Gasteiger partial charge in [0.25, 0.3) is 0 Å². The molecule has 0 radical (unpaired) electrons. The van der Waals surface area contributed by atoms with E-state index in [1.165, 1.54) is 0 Å². The average Bonchev–Trinajstić information content (AvgIpc) is 2.91. The van der Waals surface area contributed by atoms with E-state index in [9.17, 15) is 4.79 Å². The van der Waals surface area contributed by atoms with Crippen molar-refractivity contribution in [3.63, 3.8) is 0 Å². The van der Waals surface area contributed by atoms with Crippen LogP contribution >= 0.6 is 0 Å². The normalized spacial score (nSPS) is 10.2. The maximum absolute atomic E-state index is 11.9. The van der Waals surface area contributed by atoms with Gasteiger partial charge in [-0.1, -0.05) is 6.07 Å². The van der Waals surface area contributed by atoms with E-state index in [1.54, 1.807) is 36.6 Å². The number of rotatable bonds is 6. The number of amides is 1. The Bertz CT molecular complexity index is 552. The number of furan rings is 1. The number of nitrogens with two attached hydrogens (primary N) is 1. The highest BCUT2D eigenvalue weighted by Crippen LogP contribution is 2.14. The van der Waals surface area contributed by atoms with Crippen molar-refractivity contribution in [3.05, 3.63) is 48.4 Å². The minimum absolute atomic E-state index is 0.0232. The first-order valence-corrected chi connectivity index (χ1v) is 6.38. The van der Waals surface area contributed by atoms with Gasteiger partial charge in [0, 0.05) is 30.9 Å².